The predicted octanol–water partition coefficient (Wildman–Crippen LogP) is 3.84. The first-order chi connectivity index (χ1) is 11.4. The molecule has 4 nitrogen and oxygen atoms in total. The average Bonchev–Trinajstić information content (AvgIpc) is 2.85. The summed E-state index contributed by atoms with van der Waals surface area (Å²) in [4.78, 5) is 24.2. The number of para-hydroxylation sites is 1. The van der Waals surface area contributed by atoms with Gasteiger partial charge in [-0.2, -0.15) is 0 Å². The van der Waals surface area contributed by atoms with Crippen molar-refractivity contribution in [3.8, 4) is 0 Å². The van der Waals surface area contributed by atoms with Crippen molar-refractivity contribution in [3.63, 3.8) is 0 Å². The summed E-state index contributed by atoms with van der Waals surface area (Å²) in [6.45, 7) is 11.6. The van der Waals surface area contributed by atoms with Crippen LogP contribution in [0.3, 0.4) is 0 Å². The van der Waals surface area contributed by atoms with E-state index in [1.54, 1.807) is 13.8 Å². The second-order valence-corrected chi connectivity index (χ2v) is 8.61. The molecule has 0 saturated carbocycles. The largest absolute Gasteiger partial charge is 0.342 e. The lowest BCUT2D eigenvalue weighted by molar-refractivity contribution is -0.131. The molecule has 0 radical (unpaired) electrons. The molecular formula is C21H30N2O2. The van der Waals surface area contributed by atoms with Gasteiger partial charge in [-0.05, 0) is 45.7 Å². The summed E-state index contributed by atoms with van der Waals surface area (Å²) in [5.74, 6) is -0.0508. The highest BCUT2D eigenvalue weighted by molar-refractivity contribution is 5.92. The third-order valence-corrected chi connectivity index (χ3v) is 4.94. The van der Waals surface area contributed by atoms with Crippen LogP contribution in [0, 0.1) is 5.41 Å². The zero-order valence-corrected chi connectivity index (χ0v) is 16.2. The Bertz CT molecular complexity index is 794. The van der Waals surface area contributed by atoms with Crippen LogP contribution in [0.1, 0.15) is 53.5 Å². The number of benzene rings is 1. The third-order valence-electron chi connectivity index (χ3n) is 4.94. The Morgan fingerprint density at radius 3 is 2.28 bits per heavy atom. The monoisotopic (exact) mass is 342 g/mol. The molecule has 0 amide bonds. The van der Waals surface area contributed by atoms with Crippen molar-refractivity contribution in [3.05, 3.63) is 36.0 Å². The minimum Gasteiger partial charge on any atom is -0.342 e. The Balaban J connectivity index is 2.29. The van der Waals surface area contributed by atoms with Gasteiger partial charge >= 0.3 is 0 Å². The predicted molar refractivity (Wildman–Crippen MR) is 103 cm³/mol. The first kappa shape index (κ1) is 19.4. The van der Waals surface area contributed by atoms with Gasteiger partial charge in [-0.25, -0.2) is 0 Å². The summed E-state index contributed by atoms with van der Waals surface area (Å²) in [7, 11) is 0. The van der Waals surface area contributed by atoms with Crippen LogP contribution in [-0.4, -0.2) is 22.2 Å². The Morgan fingerprint density at radius 2 is 1.72 bits per heavy atom. The lowest BCUT2D eigenvalue weighted by Gasteiger charge is -2.23. The Labute approximate surface area is 150 Å². The smallest absolute Gasteiger partial charge is 0.150 e. The fourth-order valence-corrected chi connectivity index (χ4v) is 3.01. The number of rotatable bonds is 6. The van der Waals surface area contributed by atoms with Crippen LogP contribution in [0.4, 0.5) is 0 Å². The summed E-state index contributed by atoms with van der Waals surface area (Å²) in [6.07, 6.45) is 2.77. The zero-order valence-electron chi connectivity index (χ0n) is 16.2. The molecule has 1 aromatic heterocycles. The number of ketones is 2. The molecule has 0 unspecified atom stereocenters. The Morgan fingerprint density at radius 1 is 1.12 bits per heavy atom. The fourth-order valence-electron chi connectivity index (χ4n) is 3.01. The maximum atomic E-state index is 12.5. The van der Waals surface area contributed by atoms with Crippen LogP contribution in [0.25, 0.3) is 10.9 Å². The summed E-state index contributed by atoms with van der Waals surface area (Å²) in [6, 6.07) is 7.59. The van der Waals surface area contributed by atoms with Gasteiger partial charge in [-0.15, -0.1) is 0 Å². The number of hydrogen-bond donors (Lipinski definition) is 1. The molecule has 0 aliphatic heterocycles. The van der Waals surface area contributed by atoms with Gasteiger partial charge in [0, 0.05) is 34.5 Å². The number of aromatic nitrogens is 1. The van der Waals surface area contributed by atoms with E-state index in [2.05, 4.69) is 43.7 Å². The standard InChI is InChI=1S/C21H30N2O2/c1-14(24)21(5,6)12-19(25)17(22)11-15-13-23(20(2,3)4)18-10-8-7-9-16(15)18/h7-10,13,17H,11-12,22H2,1-6H3/t17-/m1/s1. The molecule has 1 atom stereocenters. The van der Waals surface area contributed by atoms with Crippen molar-refractivity contribution in [2.75, 3.05) is 0 Å². The summed E-state index contributed by atoms with van der Waals surface area (Å²) in [5.41, 5.74) is 7.71. The normalized spacial score (nSPS) is 13.9. The second-order valence-electron chi connectivity index (χ2n) is 8.61. The number of nitrogens with zero attached hydrogens (tertiary/aromatic N) is 1. The van der Waals surface area contributed by atoms with E-state index in [0.29, 0.717) is 6.42 Å². The van der Waals surface area contributed by atoms with E-state index in [1.165, 1.54) is 6.92 Å². The van der Waals surface area contributed by atoms with Gasteiger partial charge in [0.1, 0.15) is 5.78 Å². The van der Waals surface area contributed by atoms with Gasteiger partial charge in [0.15, 0.2) is 5.78 Å². The molecule has 0 saturated heterocycles. The third kappa shape index (κ3) is 4.18. The van der Waals surface area contributed by atoms with Crippen LogP contribution in [0.5, 0.6) is 0 Å². The van der Waals surface area contributed by atoms with Gasteiger partial charge in [0.05, 0.1) is 6.04 Å². The molecule has 1 aromatic carbocycles. The Kier molecular flexibility index (Phi) is 5.24. The van der Waals surface area contributed by atoms with Gasteiger partial charge in [0.25, 0.3) is 0 Å². The molecule has 2 rings (SSSR count). The van der Waals surface area contributed by atoms with E-state index in [0.717, 1.165) is 16.5 Å². The maximum Gasteiger partial charge on any atom is 0.150 e. The minimum atomic E-state index is -0.659. The molecule has 0 spiro atoms. The number of carbonyl (C=O) groups excluding carboxylic acids is 2. The molecule has 1 heterocycles. The SMILES string of the molecule is CC(=O)C(C)(C)CC(=O)[C@H](N)Cc1cn(C(C)(C)C)c2ccccc12. The first-order valence-electron chi connectivity index (χ1n) is 8.82. The van der Waals surface area contributed by atoms with Crippen molar-refractivity contribution < 1.29 is 9.59 Å². The topological polar surface area (TPSA) is 65.1 Å². The van der Waals surface area contributed by atoms with Crippen LogP contribution < -0.4 is 5.73 Å². The molecule has 136 valence electrons. The van der Waals surface area contributed by atoms with Crippen molar-refractivity contribution in [1.29, 1.82) is 0 Å². The molecule has 0 aliphatic carbocycles. The molecule has 2 N–H and O–H groups in total. The minimum absolute atomic E-state index is 0.0115. The summed E-state index contributed by atoms with van der Waals surface area (Å²) in [5, 5.41) is 1.13. The van der Waals surface area contributed by atoms with Crippen molar-refractivity contribution in [2.24, 2.45) is 11.1 Å². The fraction of sp³-hybridized carbons (Fsp3) is 0.524. The lowest BCUT2D eigenvalue weighted by Crippen LogP contribution is -2.37. The van der Waals surface area contributed by atoms with Gasteiger partial charge in [-0.3, -0.25) is 9.59 Å². The number of nitrogens with two attached hydrogens (primary N) is 1. The summed E-state index contributed by atoms with van der Waals surface area (Å²) < 4.78 is 2.23. The van der Waals surface area contributed by atoms with Crippen LogP contribution in [-0.2, 0) is 21.5 Å². The molecule has 0 bridgehead atoms. The zero-order chi connectivity index (χ0) is 19.0. The van der Waals surface area contributed by atoms with E-state index < -0.39 is 11.5 Å². The van der Waals surface area contributed by atoms with Crippen molar-refractivity contribution in [1.82, 2.24) is 4.57 Å². The number of hydrogen-bond acceptors (Lipinski definition) is 3. The van der Waals surface area contributed by atoms with Crippen LogP contribution in [0.2, 0.25) is 0 Å². The second kappa shape index (κ2) is 6.75. The Hall–Kier alpha value is -1.94. The molecule has 2 aromatic rings. The van der Waals surface area contributed by atoms with Crippen molar-refractivity contribution in [2.45, 2.75) is 66.0 Å². The maximum absolute atomic E-state index is 12.5. The van der Waals surface area contributed by atoms with Crippen LogP contribution in [0.15, 0.2) is 30.5 Å². The van der Waals surface area contributed by atoms with Crippen LogP contribution >= 0.6 is 0 Å². The number of fused-ring (bicyclic) bond motifs is 1. The van der Waals surface area contributed by atoms with E-state index in [1.807, 2.05) is 12.1 Å². The molecular weight excluding hydrogens is 312 g/mol. The quantitative estimate of drug-likeness (QED) is 0.867. The van der Waals surface area contributed by atoms with E-state index >= 15 is 0 Å². The molecule has 0 aliphatic rings. The summed E-state index contributed by atoms with van der Waals surface area (Å²) >= 11 is 0. The van der Waals surface area contributed by atoms with Gasteiger partial charge in [0.2, 0.25) is 0 Å². The van der Waals surface area contributed by atoms with Crippen molar-refractivity contribution >= 4 is 22.5 Å². The molecule has 0 fully saturated rings. The highest BCUT2D eigenvalue weighted by Gasteiger charge is 2.30. The molecule has 4 heteroatoms. The lowest BCUT2D eigenvalue weighted by atomic mass is 9.81. The van der Waals surface area contributed by atoms with E-state index in [4.69, 9.17) is 5.73 Å². The van der Waals surface area contributed by atoms with E-state index in [-0.39, 0.29) is 23.5 Å². The highest BCUT2D eigenvalue weighted by atomic mass is 16.1. The number of carbonyl (C=O) groups is 2. The highest BCUT2D eigenvalue weighted by Crippen LogP contribution is 2.29. The first-order valence-corrected chi connectivity index (χ1v) is 8.82. The average molecular weight is 342 g/mol. The van der Waals surface area contributed by atoms with E-state index in [9.17, 15) is 9.59 Å². The number of Topliss-reactive ketones (excluding diaryl/α,β-unsaturated/α-hetero) is 2. The van der Waals surface area contributed by atoms with Gasteiger partial charge in [-0.1, -0.05) is 32.0 Å². The van der Waals surface area contributed by atoms with Gasteiger partial charge < -0.3 is 10.3 Å². The molecule has 25 heavy (non-hydrogen) atoms.